The molecule has 0 aliphatic rings. The molecular weight excluding hydrogens is 290 g/mol. The molecule has 0 saturated heterocycles. The summed E-state index contributed by atoms with van der Waals surface area (Å²) in [7, 11) is -3.75. The van der Waals surface area contributed by atoms with Crippen molar-refractivity contribution < 1.29 is 8.42 Å². The Morgan fingerprint density at radius 2 is 1.81 bits per heavy atom. The van der Waals surface area contributed by atoms with Gasteiger partial charge in [-0.3, -0.25) is 9.71 Å². The van der Waals surface area contributed by atoms with Crippen LogP contribution in [0.4, 0.5) is 11.6 Å². The molecule has 0 atom stereocenters. The summed E-state index contributed by atoms with van der Waals surface area (Å²) in [4.78, 5) is 11.5. The number of nitrogen functional groups attached to an aromatic ring is 1. The van der Waals surface area contributed by atoms with Crippen molar-refractivity contribution in [1.82, 2.24) is 15.0 Å². The Morgan fingerprint density at radius 1 is 1.05 bits per heavy atom. The van der Waals surface area contributed by atoms with Crippen LogP contribution in [0, 0.1) is 0 Å². The molecule has 3 rings (SSSR count). The van der Waals surface area contributed by atoms with Crippen LogP contribution in [0.1, 0.15) is 0 Å². The van der Waals surface area contributed by atoms with E-state index in [-0.39, 0.29) is 10.8 Å². The summed E-state index contributed by atoms with van der Waals surface area (Å²) in [5.74, 6) is 0.0192. The molecule has 0 amide bonds. The van der Waals surface area contributed by atoms with E-state index in [4.69, 9.17) is 5.73 Å². The lowest BCUT2D eigenvalue weighted by molar-refractivity contribution is 0.600. The number of hydrogen-bond donors (Lipinski definition) is 2. The van der Waals surface area contributed by atoms with Gasteiger partial charge in [0.15, 0.2) is 0 Å². The maximum atomic E-state index is 12.2. The maximum Gasteiger partial charge on any atom is 0.264 e. The van der Waals surface area contributed by atoms with Gasteiger partial charge in [-0.2, -0.15) is 0 Å². The minimum absolute atomic E-state index is 0.0192. The largest absolute Gasteiger partial charge is 0.368 e. The minimum atomic E-state index is -3.75. The second kappa shape index (κ2) is 4.98. The number of sulfonamides is 1. The van der Waals surface area contributed by atoms with Gasteiger partial charge in [0, 0.05) is 17.3 Å². The molecule has 0 aliphatic heterocycles. The summed E-state index contributed by atoms with van der Waals surface area (Å²) >= 11 is 0. The van der Waals surface area contributed by atoms with E-state index in [9.17, 15) is 8.42 Å². The number of rotatable bonds is 3. The predicted octanol–water partition coefficient (Wildman–Crippen LogP) is 1.41. The Balaban J connectivity index is 1.95. The highest BCUT2D eigenvalue weighted by molar-refractivity contribution is 7.92. The lowest BCUT2D eigenvalue weighted by atomic mass is 10.2. The highest BCUT2D eigenvalue weighted by Crippen LogP contribution is 2.20. The van der Waals surface area contributed by atoms with Crippen molar-refractivity contribution in [3.05, 3.63) is 48.9 Å². The number of anilines is 2. The van der Waals surface area contributed by atoms with Crippen LogP contribution >= 0.6 is 0 Å². The number of aromatic nitrogens is 3. The SMILES string of the molecule is Nc1ncc(S(=O)(=O)Nc2ccc3ncccc3c2)cn1. The highest BCUT2D eigenvalue weighted by atomic mass is 32.2. The zero-order valence-electron chi connectivity index (χ0n) is 10.8. The van der Waals surface area contributed by atoms with Gasteiger partial charge in [0.25, 0.3) is 10.0 Å². The second-order valence-corrected chi connectivity index (χ2v) is 5.98. The van der Waals surface area contributed by atoms with Gasteiger partial charge in [-0.25, -0.2) is 18.4 Å². The topological polar surface area (TPSA) is 111 Å². The number of fused-ring (bicyclic) bond motifs is 1. The van der Waals surface area contributed by atoms with Crippen molar-refractivity contribution in [3.63, 3.8) is 0 Å². The first-order chi connectivity index (χ1) is 10.0. The molecule has 3 N–H and O–H groups in total. The Morgan fingerprint density at radius 3 is 2.57 bits per heavy atom. The molecule has 21 heavy (non-hydrogen) atoms. The van der Waals surface area contributed by atoms with Crippen LogP contribution in [0.15, 0.2) is 53.8 Å². The average Bonchev–Trinajstić information content (AvgIpc) is 2.47. The van der Waals surface area contributed by atoms with Crippen molar-refractivity contribution in [2.45, 2.75) is 4.90 Å². The first-order valence-corrected chi connectivity index (χ1v) is 7.48. The van der Waals surface area contributed by atoms with Crippen molar-refractivity contribution in [1.29, 1.82) is 0 Å². The summed E-state index contributed by atoms with van der Waals surface area (Å²) in [6, 6.07) is 8.73. The van der Waals surface area contributed by atoms with E-state index in [2.05, 4.69) is 19.7 Å². The van der Waals surface area contributed by atoms with E-state index in [0.717, 1.165) is 23.3 Å². The molecule has 0 radical (unpaired) electrons. The quantitative estimate of drug-likeness (QED) is 0.756. The monoisotopic (exact) mass is 301 g/mol. The van der Waals surface area contributed by atoms with E-state index in [1.807, 2.05) is 6.07 Å². The maximum absolute atomic E-state index is 12.2. The fourth-order valence-electron chi connectivity index (χ4n) is 1.82. The molecule has 7 nitrogen and oxygen atoms in total. The molecule has 1 aromatic carbocycles. The number of benzene rings is 1. The van der Waals surface area contributed by atoms with Crippen LogP contribution in [-0.4, -0.2) is 23.4 Å². The predicted molar refractivity (Wildman–Crippen MR) is 79.0 cm³/mol. The lowest BCUT2D eigenvalue weighted by Crippen LogP contribution is -2.14. The number of nitrogens with zero attached hydrogens (tertiary/aromatic N) is 3. The van der Waals surface area contributed by atoms with Gasteiger partial charge in [-0.1, -0.05) is 6.07 Å². The number of nitrogens with two attached hydrogens (primary N) is 1. The first-order valence-electron chi connectivity index (χ1n) is 6.00. The van der Waals surface area contributed by atoms with Gasteiger partial charge in [0.2, 0.25) is 5.95 Å². The molecule has 0 bridgehead atoms. The average molecular weight is 301 g/mol. The van der Waals surface area contributed by atoms with Crippen LogP contribution in [0.2, 0.25) is 0 Å². The van der Waals surface area contributed by atoms with Crippen LogP contribution in [-0.2, 0) is 10.0 Å². The van der Waals surface area contributed by atoms with Gasteiger partial charge >= 0.3 is 0 Å². The molecule has 2 heterocycles. The van der Waals surface area contributed by atoms with Gasteiger partial charge in [-0.15, -0.1) is 0 Å². The normalized spacial score (nSPS) is 11.4. The van der Waals surface area contributed by atoms with E-state index in [0.29, 0.717) is 5.69 Å². The molecule has 3 aromatic rings. The minimum Gasteiger partial charge on any atom is -0.368 e. The Labute approximate surface area is 120 Å². The first kappa shape index (κ1) is 13.3. The molecule has 8 heteroatoms. The fraction of sp³-hybridized carbons (Fsp3) is 0. The van der Waals surface area contributed by atoms with Crippen molar-refractivity contribution in [2.24, 2.45) is 0 Å². The van der Waals surface area contributed by atoms with Gasteiger partial charge < -0.3 is 5.73 Å². The van der Waals surface area contributed by atoms with E-state index in [1.54, 1.807) is 30.5 Å². The van der Waals surface area contributed by atoms with E-state index in [1.165, 1.54) is 0 Å². The van der Waals surface area contributed by atoms with E-state index < -0.39 is 10.0 Å². The smallest absolute Gasteiger partial charge is 0.264 e. The lowest BCUT2D eigenvalue weighted by Gasteiger charge is -2.08. The molecular formula is C13H11N5O2S. The summed E-state index contributed by atoms with van der Waals surface area (Å²) < 4.78 is 26.9. The molecule has 0 unspecified atom stereocenters. The van der Waals surface area contributed by atoms with Crippen molar-refractivity contribution >= 4 is 32.6 Å². The van der Waals surface area contributed by atoms with Crippen LogP contribution in [0.5, 0.6) is 0 Å². The fourth-order valence-corrected chi connectivity index (χ4v) is 2.76. The summed E-state index contributed by atoms with van der Waals surface area (Å²) in [6.07, 6.45) is 4.00. The van der Waals surface area contributed by atoms with Crippen LogP contribution in [0.25, 0.3) is 10.9 Å². The van der Waals surface area contributed by atoms with Crippen LogP contribution < -0.4 is 10.5 Å². The van der Waals surface area contributed by atoms with Crippen molar-refractivity contribution in [2.75, 3.05) is 10.5 Å². The third-order valence-corrected chi connectivity index (χ3v) is 4.15. The summed E-state index contributed by atoms with van der Waals surface area (Å²) in [6.45, 7) is 0. The van der Waals surface area contributed by atoms with Gasteiger partial charge in [0.1, 0.15) is 4.90 Å². The molecule has 106 valence electrons. The van der Waals surface area contributed by atoms with Crippen molar-refractivity contribution in [3.8, 4) is 0 Å². The van der Waals surface area contributed by atoms with Gasteiger partial charge in [0.05, 0.1) is 17.9 Å². The van der Waals surface area contributed by atoms with Gasteiger partial charge in [-0.05, 0) is 24.3 Å². The second-order valence-electron chi connectivity index (χ2n) is 4.29. The Hall–Kier alpha value is -2.74. The third-order valence-electron chi connectivity index (χ3n) is 2.81. The zero-order chi connectivity index (χ0) is 14.9. The van der Waals surface area contributed by atoms with Crippen LogP contribution in [0.3, 0.4) is 0 Å². The Kier molecular flexibility index (Phi) is 3.15. The number of hydrogen-bond acceptors (Lipinski definition) is 6. The third kappa shape index (κ3) is 2.75. The summed E-state index contributed by atoms with van der Waals surface area (Å²) in [5.41, 5.74) is 6.57. The molecule has 0 aliphatic carbocycles. The van der Waals surface area contributed by atoms with E-state index >= 15 is 0 Å². The molecule has 0 fully saturated rings. The zero-order valence-corrected chi connectivity index (χ0v) is 11.6. The number of pyridine rings is 1. The molecule has 0 spiro atoms. The standard InChI is InChI=1S/C13H11N5O2S/c14-13-16-7-11(8-17-13)21(19,20)18-10-3-4-12-9(6-10)2-1-5-15-12/h1-8,18H,(H2,14,16,17). The molecule has 2 aromatic heterocycles. The molecule has 0 saturated carbocycles. The number of nitrogens with one attached hydrogen (secondary N) is 1. The summed E-state index contributed by atoms with van der Waals surface area (Å²) in [5, 5.41) is 0.839. The Bertz CT molecular complexity index is 894. The highest BCUT2D eigenvalue weighted by Gasteiger charge is 2.15.